The fourth-order valence-electron chi connectivity index (χ4n) is 1.87. The van der Waals surface area contributed by atoms with Crippen molar-refractivity contribution < 1.29 is 17.9 Å². The molecule has 0 atom stereocenters. The summed E-state index contributed by atoms with van der Waals surface area (Å²) in [6.07, 6.45) is 1.15. The Morgan fingerprint density at radius 1 is 1.04 bits per heavy atom. The number of benzene rings is 2. The van der Waals surface area contributed by atoms with Crippen LogP contribution in [0.5, 0.6) is 0 Å². The summed E-state index contributed by atoms with van der Waals surface area (Å²) in [5.74, 6) is -0.923. The molecule has 5 nitrogen and oxygen atoms in total. The van der Waals surface area contributed by atoms with Gasteiger partial charge in [-0.25, -0.2) is 13.2 Å². The molecule has 0 fully saturated rings. The van der Waals surface area contributed by atoms with Crippen molar-refractivity contribution in [1.82, 2.24) is 0 Å². The van der Waals surface area contributed by atoms with Gasteiger partial charge in [0.15, 0.2) is 4.91 Å². The number of nitrogens with one attached hydrogen (secondary N) is 1. The van der Waals surface area contributed by atoms with Gasteiger partial charge in [0, 0.05) is 11.9 Å². The Kier molecular flexibility index (Phi) is 5.18. The lowest BCUT2D eigenvalue weighted by Gasteiger charge is -2.09. The fraction of sp³-hybridized carbons (Fsp3) is 0.118. The zero-order valence-electron chi connectivity index (χ0n) is 12.8. The third kappa shape index (κ3) is 3.98. The summed E-state index contributed by atoms with van der Waals surface area (Å²) in [5, 5.41) is 2.82. The van der Waals surface area contributed by atoms with Gasteiger partial charge in [-0.1, -0.05) is 35.9 Å². The topological polar surface area (TPSA) is 72.5 Å². The van der Waals surface area contributed by atoms with Crippen LogP contribution in [0.15, 0.2) is 70.6 Å². The molecule has 0 saturated heterocycles. The SMILES string of the molecule is COC(=O)/C(=C/Nc1ccc(C)cc1)S(=O)(=O)c1ccccc1. The monoisotopic (exact) mass is 331 g/mol. The second kappa shape index (κ2) is 7.11. The van der Waals surface area contributed by atoms with E-state index in [0.29, 0.717) is 5.69 Å². The highest BCUT2D eigenvalue weighted by molar-refractivity contribution is 7.96. The van der Waals surface area contributed by atoms with Gasteiger partial charge in [0.05, 0.1) is 12.0 Å². The highest BCUT2D eigenvalue weighted by atomic mass is 32.2. The van der Waals surface area contributed by atoms with E-state index in [4.69, 9.17) is 0 Å². The van der Waals surface area contributed by atoms with E-state index in [1.807, 2.05) is 19.1 Å². The normalized spacial score (nSPS) is 11.8. The molecule has 2 aromatic rings. The highest BCUT2D eigenvalue weighted by Gasteiger charge is 2.27. The van der Waals surface area contributed by atoms with Crippen molar-refractivity contribution in [3.05, 3.63) is 71.3 Å². The molecule has 0 aliphatic rings. The minimum atomic E-state index is -3.97. The van der Waals surface area contributed by atoms with E-state index >= 15 is 0 Å². The van der Waals surface area contributed by atoms with Crippen LogP contribution < -0.4 is 5.32 Å². The van der Waals surface area contributed by atoms with Gasteiger partial charge >= 0.3 is 5.97 Å². The van der Waals surface area contributed by atoms with Gasteiger partial charge in [-0.2, -0.15) is 0 Å². The Morgan fingerprint density at radius 3 is 2.22 bits per heavy atom. The summed E-state index contributed by atoms with van der Waals surface area (Å²) in [6, 6.07) is 15.1. The second-order valence-electron chi connectivity index (χ2n) is 4.83. The number of rotatable bonds is 5. The average molecular weight is 331 g/mol. The fourth-order valence-corrected chi connectivity index (χ4v) is 3.16. The van der Waals surface area contributed by atoms with Crippen molar-refractivity contribution >= 4 is 21.5 Å². The summed E-state index contributed by atoms with van der Waals surface area (Å²) >= 11 is 0. The van der Waals surface area contributed by atoms with Crippen LogP contribution in [0.2, 0.25) is 0 Å². The van der Waals surface area contributed by atoms with Crippen molar-refractivity contribution in [3.63, 3.8) is 0 Å². The molecule has 0 unspecified atom stereocenters. The number of sulfone groups is 1. The van der Waals surface area contributed by atoms with Crippen LogP contribution in [0.25, 0.3) is 0 Å². The first kappa shape index (κ1) is 16.8. The molecule has 2 aromatic carbocycles. The number of hydrogen-bond donors (Lipinski definition) is 1. The zero-order chi connectivity index (χ0) is 16.9. The smallest absolute Gasteiger partial charge is 0.351 e. The molecular weight excluding hydrogens is 314 g/mol. The van der Waals surface area contributed by atoms with E-state index in [9.17, 15) is 13.2 Å². The maximum Gasteiger partial charge on any atom is 0.351 e. The largest absolute Gasteiger partial charge is 0.465 e. The number of esters is 1. The van der Waals surface area contributed by atoms with Gasteiger partial charge < -0.3 is 10.1 Å². The summed E-state index contributed by atoms with van der Waals surface area (Å²) in [7, 11) is -2.83. The quantitative estimate of drug-likeness (QED) is 0.674. The van der Waals surface area contributed by atoms with Crippen molar-refractivity contribution in [2.75, 3.05) is 12.4 Å². The van der Waals surface area contributed by atoms with Crippen LogP contribution in [0, 0.1) is 6.92 Å². The van der Waals surface area contributed by atoms with Crippen LogP contribution in [0.3, 0.4) is 0 Å². The Morgan fingerprint density at radius 2 is 1.65 bits per heavy atom. The summed E-state index contributed by atoms with van der Waals surface area (Å²) in [6.45, 7) is 1.94. The number of carbonyl (C=O) groups is 1. The average Bonchev–Trinajstić information content (AvgIpc) is 2.57. The first-order valence-corrected chi connectivity index (χ1v) is 8.35. The van der Waals surface area contributed by atoms with E-state index in [-0.39, 0.29) is 4.90 Å². The molecule has 0 saturated carbocycles. The number of methoxy groups -OCH3 is 1. The molecule has 0 radical (unpaired) electrons. The van der Waals surface area contributed by atoms with Crippen molar-refractivity contribution in [3.8, 4) is 0 Å². The van der Waals surface area contributed by atoms with E-state index in [0.717, 1.165) is 18.9 Å². The lowest BCUT2D eigenvalue weighted by molar-refractivity contribution is -0.135. The molecule has 0 aliphatic heterocycles. The number of ether oxygens (including phenoxy) is 1. The van der Waals surface area contributed by atoms with Gasteiger partial charge in [0.2, 0.25) is 9.84 Å². The Bertz CT molecular complexity index is 809. The van der Waals surface area contributed by atoms with Crippen molar-refractivity contribution in [2.24, 2.45) is 0 Å². The van der Waals surface area contributed by atoms with E-state index in [1.54, 1.807) is 30.3 Å². The molecule has 1 N–H and O–H groups in total. The van der Waals surface area contributed by atoms with Gasteiger partial charge in [0.1, 0.15) is 0 Å². The standard InChI is InChI=1S/C17H17NO4S/c1-13-8-10-14(11-9-13)18-12-16(17(19)22-2)23(20,21)15-6-4-3-5-7-15/h3-12,18H,1-2H3/b16-12-. The van der Waals surface area contributed by atoms with Crippen molar-refractivity contribution in [2.45, 2.75) is 11.8 Å². The van der Waals surface area contributed by atoms with E-state index in [2.05, 4.69) is 10.1 Å². The minimum Gasteiger partial charge on any atom is -0.465 e. The zero-order valence-corrected chi connectivity index (χ0v) is 13.6. The molecule has 2 rings (SSSR count). The van der Waals surface area contributed by atoms with Crippen LogP contribution in [-0.2, 0) is 19.4 Å². The third-order valence-corrected chi connectivity index (χ3v) is 4.91. The number of hydrogen-bond acceptors (Lipinski definition) is 5. The molecule has 0 spiro atoms. The molecular formula is C17H17NO4S. The predicted octanol–water partition coefficient (Wildman–Crippen LogP) is 2.90. The van der Waals surface area contributed by atoms with Gasteiger partial charge in [-0.05, 0) is 31.2 Å². The summed E-state index contributed by atoms with van der Waals surface area (Å²) < 4.78 is 29.8. The first-order chi connectivity index (χ1) is 10.9. The summed E-state index contributed by atoms with van der Waals surface area (Å²) in [4.78, 5) is 11.5. The maximum absolute atomic E-state index is 12.6. The second-order valence-corrected chi connectivity index (χ2v) is 6.75. The number of aryl methyl sites for hydroxylation is 1. The molecule has 0 amide bonds. The van der Waals surface area contributed by atoms with Crippen LogP contribution in [0.4, 0.5) is 5.69 Å². The van der Waals surface area contributed by atoms with Crippen molar-refractivity contribution in [1.29, 1.82) is 0 Å². The van der Waals surface area contributed by atoms with Crippen LogP contribution in [-0.4, -0.2) is 21.5 Å². The van der Waals surface area contributed by atoms with E-state index in [1.165, 1.54) is 12.1 Å². The molecule has 120 valence electrons. The number of carbonyl (C=O) groups excluding carboxylic acids is 1. The number of anilines is 1. The van der Waals surface area contributed by atoms with Crippen LogP contribution >= 0.6 is 0 Å². The molecule has 23 heavy (non-hydrogen) atoms. The van der Waals surface area contributed by atoms with E-state index < -0.39 is 20.7 Å². The Labute approximate surface area is 135 Å². The third-order valence-electron chi connectivity index (χ3n) is 3.15. The van der Waals surface area contributed by atoms with Gasteiger partial charge in [0.25, 0.3) is 0 Å². The molecule has 0 heterocycles. The van der Waals surface area contributed by atoms with Gasteiger partial charge in [-0.3, -0.25) is 0 Å². The molecule has 0 aromatic heterocycles. The Hall–Kier alpha value is -2.60. The van der Waals surface area contributed by atoms with Gasteiger partial charge in [-0.15, -0.1) is 0 Å². The molecule has 6 heteroatoms. The first-order valence-electron chi connectivity index (χ1n) is 6.87. The van der Waals surface area contributed by atoms with Crippen LogP contribution in [0.1, 0.15) is 5.56 Å². The maximum atomic E-state index is 12.6. The lowest BCUT2D eigenvalue weighted by Crippen LogP contribution is -2.16. The molecule has 0 bridgehead atoms. The highest BCUT2D eigenvalue weighted by Crippen LogP contribution is 2.20. The minimum absolute atomic E-state index is 0.0300. The Balaban J connectivity index is 2.39. The lowest BCUT2D eigenvalue weighted by atomic mass is 10.2. The molecule has 0 aliphatic carbocycles. The predicted molar refractivity (Wildman–Crippen MR) is 88.5 cm³/mol. The summed E-state index contributed by atoms with van der Waals surface area (Å²) in [5.41, 5.74) is 1.74.